The van der Waals surface area contributed by atoms with Crippen molar-refractivity contribution in [3.8, 4) is 5.75 Å². The molecule has 1 aliphatic rings. The molecule has 0 N–H and O–H groups in total. The number of hydrogen-bond donors (Lipinski definition) is 0. The van der Waals surface area contributed by atoms with Crippen molar-refractivity contribution in [1.82, 2.24) is 4.98 Å². The normalized spacial score (nSPS) is 14.3. The fourth-order valence-corrected chi connectivity index (χ4v) is 2.01. The Bertz CT molecular complexity index is 607. The molecule has 1 aromatic carbocycles. The van der Waals surface area contributed by atoms with Gasteiger partial charge < -0.3 is 9.47 Å². The number of ether oxygens (including phenoxy) is 2. The Labute approximate surface area is 98.2 Å². The van der Waals surface area contributed by atoms with Crippen LogP contribution >= 0.6 is 0 Å². The summed E-state index contributed by atoms with van der Waals surface area (Å²) in [7, 11) is 1.63. The molecule has 17 heavy (non-hydrogen) atoms. The average Bonchev–Trinajstić information content (AvgIpc) is 2.36. The fraction of sp³-hybridized carbons (Fsp3) is 0.231. The third kappa shape index (κ3) is 1.62. The predicted octanol–water partition coefficient (Wildman–Crippen LogP) is 1.96. The Morgan fingerprint density at radius 1 is 1.35 bits per heavy atom. The molecule has 3 rings (SSSR count). The minimum absolute atomic E-state index is 0.330. The number of carbonyl (C=O) groups is 1. The molecule has 0 fully saturated rings. The van der Waals surface area contributed by atoms with Gasteiger partial charge in [-0.25, -0.2) is 9.78 Å². The maximum absolute atomic E-state index is 11.5. The van der Waals surface area contributed by atoms with Crippen molar-refractivity contribution < 1.29 is 14.3 Å². The standard InChI is InChI=1S/C13H11NO3/c1-16-10-2-3-11-9(7-10)6-8-4-5-17-13(15)12(8)14-11/h2-3,6-7H,4-5H2,1H3. The second kappa shape index (κ2) is 3.73. The van der Waals surface area contributed by atoms with Crippen molar-refractivity contribution in [3.63, 3.8) is 0 Å². The molecular formula is C13H11NO3. The van der Waals surface area contributed by atoms with Gasteiger partial charge in [-0.2, -0.15) is 0 Å². The molecule has 0 saturated heterocycles. The summed E-state index contributed by atoms with van der Waals surface area (Å²) in [4.78, 5) is 15.9. The van der Waals surface area contributed by atoms with Crippen molar-refractivity contribution in [2.24, 2.45) is 0 Å². The van der Waals surface area contributed by atoms with Gasteiger partial charge in [-0.3, -0.25) is 0 Å². The molecule has 0 radical (unpaired) electrons. The van der Waals surface area contributed by atoms with Gasteiger partial charge in [-0.05, 0) is 29.8 Å². The van der Waals surface area contributed by atoms with Crippen molar-refractivity contribution in [2.75, 3.05) is 13.7 Å². The molecule has 0 aliphatic carbocycles. The summed E-state index contributed by atoms with van der Waals surface area (Å²) in [6.07, 6.45) is 0.723. The Hall–Kier alpha value is -2.10. The van der Waals surface area contributed by atoms with E-state index in [2.05, 4.69) is 4.98 Å². The van der Waals surface area contributed by atoms with Crippen molar-refractivity contribution in [2.45, 2.75) is 6.42 Å². The van der Waals surface area contributed by atoms with Gasteiger partial charge in [0.1, 0.15) is 5.75 Å². The molecule has 2 heterocycles. The van der Waals surface area contributed by atoms with Crippen LogP contribution in [0.3, 0.4) is 0 Å². The lowest BCUT2D eigenvalue weighted by Crippen LogP contribution is -2.19. The molecule has 2 aromatic rings. The molecule has 0 spiro atoms. The Morgan fingerprint density at radius 2 is 2.24 bits per heavy atom. The van der Waals surface area contributed by atoms with Crippen LogP contribution in [0.5, 0.6) is 5.75 Å². The number of aromatic nitrogens is 1. The predicted molar refractivity (Wildman–Crippen MR) is 62.3 cm³/mol. The van der Waals surface area contributed by atoms with E-state index < -0.39 is 0 Å². The highest BCUT2D eigenvalue weighted by molar-refractivity contribution is 5.94. The Kier molecular flexibility index (Phi) is 2.21. The minimum Gasteiger partial charge on any atom is -0.497 e. The van der Waals surface area contributed by atoms with Gasteiger partial charge in [0.05, 0.1) is 19.2 Å². The van der Waals surface area contributed by atoms with Crippen LogP contribution in [0, 0.1) is 0 Å². The Morgan fingerprint density at radius 3 is 3.06 bits per heavy atom. The first-order valence-electron chi connectivity index (χ1n) is 5.43. The van der Waals surface area contributed by atoms with Crippen molar-refractivity contribution in [1.29, 1.82) is 0 Å². The zero-order valence-corrected chi connectivity index (χ0v) is 9.40. The summed E-state index contributed by atoms with van der Waals surface area (Å²) in [6, 6.07) is 7.58. The number of methoxy groups -OCH3 is 1. The topological polar surface area (TPSA) is 48.4 Å². The smallest absolute Gasteiger partial charge is 0.357 e. The number of hydrogen-bond acceptors (Lipinski definition) is 4. The van der Waals surface area contributed by atoms with Gasteiger partial charge in [0.25, 0.3) is 0 Å². The summed E-state index contributed by atoms with van der Waals surface area (Å²) >= 11 is 0. The van der Waals surface area contributed by atoms with Gasteiger partial charge in [0, 0.05) is 11.8 Å². The van der Waals surface area contributed by atoms with Crippen LogP contribution < -0.4 is 4.74 Å². The van der Waals surface area contributed by atoms with Crippen LogP contribution in [-0.4, -0.2) is 24.7 Å². The summed E-state index contributed by atoms with van der Waals surface area (Å²) in [6.45, 7) is 0.434. The first-order valence-corrected chi connectivity index (χ1v) is 5.43. The number of esters is 1. The zero-order valence-electron chi connectivity index (χ0n) is 9.40. The van der Waals surface area contributed by atoms with Crippen molar-refractivity contribution in [3.05, 3.63) is 35.5 Å². The monoisotopic (exact) mass is 229 g/mol. The summed E-state index contributed by atoms with van der Waals surface area (Å²) in [5, 5.41) is 0.984. The van der Waals surface area contributed by atoms with Gasteiger partial charge in [-0.15, -0.1) is 0 Å². The highest BCUT2D eigenvalue weighted by Crippen LogP contribution is 2.24. The zero-order chi connectivity index (χ0) is 11.8. The first kappa shape index (κ1) is 10.1. The highest BCUT2D eigenvalue weighted by Gasteiger charge is 2.20. The van der Waals surface area contributed by atoms with E-state index in [0.717, 1.165) is 28.6 Å². The average molecular weight is 229 g/mol. The molecule has 86 valence electrons. The maximum atomic E-state index is 11.5. The number of cyclic esters (lactones) is 1. The van der Waals surface area contributed by atoms with Crippen molar-refractivity contribution >= 4 is 16.9 Å². The lowest BCUT2D eigenvalue weighted by molar-refractivity contribution is 0.0472. The van der Waals surface area contributed by atoms with E-state index in [1.165, 1.54) is 0 Å². The van der Waals surface area contributed by atoms with E-state index >= 15 is 0 Å². The van der Waals surface area contributed by atoms with Crippen LogP contribution in [0.15, 0.2) is 24.3 Å². The van der Waals surface area contributed by atoms with E-state index in [1.54, 1.807) is 7.11 Å². The molecule has 4 nitrogen and oxygen atoms in total. The molecular weight excluding hydrogens is 218 g/mol. The molecule has 0 unspecified atom stereocenters. The summed E-state index contributed by atoms with van der Waals surface area (Å²) in [5.74, 6) is 0.460. The summed E-state index contributed by atoms with van der Waals surface area (Å²) in [5.41, 5.74) is 2.17. The SMILES string of the molecule is COc1ccc2nc3c(cc2c1)CCOC3=O. The molecule has 0 bridgehead atoms. The fourth-order valence-electron chi connectivity index (χ4n) is 2.01. The lowest BCUT2D eigenvalue weighted by atomic mass is 10.0. The van der Waals surface area contributed by atoms with Crippen LogP contribution in [0.1, 0.15) is 16.1 Å². The third-order valence-corrected chi connectivity index (χ3v) is 2.90. The number of fused-ring (bicyclic) bond motifs is 2. The first-order chi connectivity index (χ1) is 8.28. The van der Waals surface area contributed by atoms with Crippen LogP contribution in [0.25, 0.3) is 10.9 Å². The van der Waals surface area contributed by atoms with E-state index in [4.69, 9.17) is 9.47 Å². The summed E-state index contributed by atoms with van der Waals surface area (Å²) < 4.78 is 10.1. The number of rotatable bonds is 1. The minimum atomic E-state index is -0.330. The van der Waals surface area contributed by atoms with Gasteiger partial charge in [0.2, 0.25) is 0 Å². The second-order valence-corrected chi connectivity index (χ2v) is 3.94. The lowest BCUT2D eigenvalue weighted by Gasteiger charge is -2.15. The number of nitrogens with zero attached hydrogens (tertiary/aromatic N) is 1. The van der Waals surface area contributed by atoms with E-state index in [-0.39, 0.29) is 5.97 Å². The quantitative estimate of drug-likeness (QED) is 0.701. The molecule has 0 amide bonds. The van der Waals surface area contributed by atoms with Crippen LogP contribution in [0.2, 0.25) is 0 Å². The van der Waals surface area contributed by atoms with E-state index in [0.29, 0.717) is 12.3 Å². The van der Waals surface area contributed by atoms with Gasteiger partial charge >= 0.3 is 5.97 Å². The highest BCUT2D eigenvalue weighted by atomic mass is 16.5. The maximum Gasteiger partial charge on any atom is 0.357 e. The van der Waals surface area contributed by atoms with E-state index in [1.807, 2.05) is 24.3 Å². The molecule has 0 saturated carbocycles. The van der Waals surface area contributed by atoms with Crippen LogP contribution in [0.4, 0.5) is 0 Å². The molecule has 1 aromatic heterocycles. The van der Waals surface area contributed by atoms with Gasteiger partial charge in [0.15, 0.2) is 5.69 Å². The second-order valence-electron chi connectivity index (χ2n) is 3.94. The number of carbonyl (C=O) groups excluding carboxylic acids is 1. The largest absolute Gasteiger partial charge is 0.497 e. The van der Waals surface area contributed by atoms with E-state index in [9.17, 15) is 4.79 Å². The van der Waals surface area contributed by atoms with Crippen LogP contribution in [-0.2, 0) is 11.2 Å². The van der Waals surface area contributed by atoms with Gasteiger partial charge in [-0.1, -0.05) is 0 Å². The Balaban J connectivity index is 2.23. The molecule has 1 aliphatic heterocycles. The third-order valence-electron chi connectivity index (χ3n) is 2.90. The molecule has 4 heteroatoms. The number of pyridine rings is 1. The molecule has 0 atom stereocenters. The number of benzene rings is 1.